The van der Waals surface area contributed by atoms with Crippen molar-refractivity contribution in [2.24, 2.45) is 0 Å². The normalized spacial score (nSPS) is 12.7. The second kappa shape index (κ2) is 8.93. The Hall–Kier alpha value is -0.437. The second-order valence-corrected chi connectivity index (χ2v) is 20.2. The fourth-order valence-electron chi connectivity index (χ4n) is 3.95. The fraction of sp³-hybridized carbons (Fsp3) is 0.500. The minimum absolute atomic E-state index is 0.398. The van der Waals surface area contributed by atoms with E-state index < -0.39 is 11.4 Å². The molecular weight excluding hydrogens is 432 g/mol. The molecule has 0 N–H and O–H groups in total. The van der Waals surface area contributed by atoms with Crippen molar-refractivity contribution in [1.82, 2.24) is 0 Å². The molecule has 2 rings (SSSR count). The Kier molecular flexibility index (Phi) is 7.56. The number of hydrogen-bond donors (Lipinski definition) is 0. The molecule has 0 heterocycles. The van der Waals surface area contributed by atoms with Crippen LogP contribution < -0.4 is 8.79 Å². The summed E-state index contributed by atoms with van der Waals surface area (Å²) in [6.45, 7) is 17.9. The molecule has 0 saturated carbocycles. The van der Waals surface area contributed by atoms with Gasteiger partial charge in [0.25, 0.3) is 0 Å². The van der Waals surface area contributed by atoms with Crippen molar-refractivity contribution in [2.75, 3.05) is 0 Å². The van der Waals surface area contributed by atoms with E-state index in [1.807, 2.05) is 0 Å². The van der Waals surface area contributed by atoms with Crippen LogP contribution in [-0.2, 0) is 0 Å². The van der Waals surface area contributed by atoms with Crippen molar-refractivity contribution >= 4 is 40.2 Å². The minimum atomic E-state index is -3.59. The summed E-state index contributed by atoms with van der Waals surface area (Å²) in [5.41, 5.74) is 5.28. The van der Waals surface area contributed by atoms with Crippen molar-refractivity contribution in [3.63, 3.8) is 0 Å². The first-order chi connectivity index (χ1) is 12.5. The van der Waals surface area contributed by atoms with Crippen LogP contribution in [-0.4, -0.2) is 11.4 Å². The van der Waals surface area contributed by atoms with Crippen molar-refractivity contribution < 1.29 is 0 Å². The van der Waals surface area contributed by atoms with E-state index in [1.165, 1.54) is 31.0 Å². The standard InChI is InChI=1S/C24H34Cl2Ge/c1-15(2)19-11-9-12-20(16(3)4)23(19)27(25,26)24-21(17(5)6)13-10-14-22(24)18(7)8/h9-18H,1-8H3. The van der Waals surface area contributed by atoms with Gasteiger partial charge in [-0.1, -0.05) is 0 Å². The molecule has 148 valence electrons. The van der Waals surface area contributed by atoms with E-state index in [0.717, 1.165) is 0 Å². The summed E-state index contributed by atoms with van der Waals surface area (Å²) in [6.07, 6.45) is 0. The third-order valence-corrected chi connectivity index (χ3v) is 14.4. The van der Waals surface area contributed by atoms with Gasteiger partial charge in [-0.2, -0.15) is 0 Å². The third-order valence-electron chi connectivity index (χ3n) is 5.37. The Balaban J connectivity index is 2.93. The molecule has 27 heavy (non-hydrogen) atoms. The molecule has 2 aromatic rings. The van der Waals surface area contributed by atoms with Gasteiger partial charge in [0.2, 0.25) is 0 Å². The fourth-order valence-corrected chi connectivity index (χ4v) is 15.2. The van der Waals surface area contributed by atoms with Gasteiger partial charge in [0.05, 0.1) is 0 Å². The van der Waals surface area contributed by atoms with E-state index in [4.69, 9.17) is 20.0 Å². The molecule has 3 heteroatoms. The van der Waals surface area contributed by atoms with Crippen LogP contribution in [0, 0.1) is 0 Å². The summed E-state index contributed by atoms with van der Waals surface area (Å²) in [5.74, 6) is 1.59. The van der Waals surface area contributed by atoms with Crippen LogP contribution in [0.1, 0.15) is 101 Å². The Morgan fingerprint density at radius 1 is 0.519 bits per heavy atom. The van der Waals surface area contributed by atoms with Gasteiger partial charge < -0.3 is 0 Å². The average molecular weight is 466 g/mol. The van der Waals surface area contributed by atoms with E-state index in [0.29, 0.717) is 23.7 Å². The topological polar surface area (TPSA) is 0 Å². The molecule has 0 aromatic heterocycles. The summed E-state index contributed by atoms with van der Waals surface area (Å²) in [4.78, 5) is 0. The predicted octanol–water partition coefficient (Wildman–Crippen LogP) is 7.21. The summed E-state index contributed by atoms with van der Waals surface area (Å²) >= 11 is -3.59. The van der Waals surface area contributed by atoms with E-state index in [2.05, 4.69) is 91.8 Å². The van der Waals surface area contributed by atoms with Gasteiger partial charge in [0, 0.05) is 0 Å². The molecule has 0 spiro atoms. The van der Waals surface area contributed by atoms with Crippen molar-refractivity contribution in [3.05, 3.63) is 58.7 Å². The SMILES string of the molecule is CC(C)c1cccc(C(C)C)[c]1[Ge]([Cl])([Cl])[c]1c(C(C)C)cccc1C(C)C. The monoisotopic (exact) mass is 466 g/mol. The van der Waals surface area contributed by atoms with E-state index in [1.54, 1.807) is 0 Å². The maximum absolute atomic E-state index is 7.54. The van der Waals surface area contributed by atoms with Gasteiger partial charge in [0.15, 0.2) is 0 Å². The zero-order chi connectivity index (χ0) is 20.5. The number of hydrogen-bond acceptors (Lipinski definition) is 0. The van der Waals surface area contributed by atoms with Gasteiger partial charge in [-0.25, -0.2) is 0 Å². The molecule has 0 nitrogen and oxygen atoms in total. The predicted molar refractivity (Wildman–Crippen MR) is 126 cm³/mol. The Morgan fingerprint density at radius 2 is 0.741 bits per heavy atom. The van der Waals surface area contributed by atoms with Crippen molar-refractivity contribution in [3.8, 4) is 0 Å². The molecule has 0 aliphatic carbocycles. The first-order valence-electron chi connectivity index (χ1n) is 10.1. The van der Waals surface area contributed by atoms with Crippen LogP contribution in [0.15, 0.2) is 36.4 Å². The van der Waals surface area contributed by atoms with Crippen LogP contribution in [0.25, 0.3) is 0 Å². The second-order valence-electron chi connectivity index (χ2n) is 8.82. The number of rotatable bonds is 6. The molecular formula is C24H34Cl2Ge. The number of halogens is 2. The van der Waals surface area contributed by atoms with Gasteiger partial charge in [-0.15, -0.1) is 0 Å². The first kappa shape index (κ1) is 22.8. The van der Waals surface area contributed by atoms with E-state index in [9.17, 15) is 0 Å². The average Bonchev–Trinajstić information content (AvgIpc) is 2.59. The molecule has 0 saturated heterocycles. The summed E-state index contributed by atoms with van der Waals surface area (Å²) < 4.78 is 2.53. The summed E-state index contributed by atoms with van der Waals surface area (Å²) in [6, 6.07) is 13.2. The molecule has 0 aliphatic heterocycles. The van der Waals surface area contributed by atoms with Crippen LogP contribution in [0.3, 0.4) is 0 Å². The summed E-state index contributed by atoms with van der Waals surface area (Å²) in [7, 11) is 15.1. The van der Waals surface area contributed by atoms with E-state index in [-0.39, 0.29) is 0 Å². The van der Waals surface area contributed by atoms with Gasteiger partial charge in [-0.05, 0) is 0 Å². The molecule has 0 atom stereocenters. The Labute approximate surface area is 177 Å². The molecule has 0 bridgehead atoms. The Bertz CT molecular complexity index is 671. The van der Waals surface area contributed by atoms with E-state index >= 15 is 0 Å². The van der Waals surface area contributed by atoms with Gasteiger partial charge in [0.1, 0.15) is 0 Å². The summed E-state index contributed by atoms with van der Waals surface area (Å²) in [5, 5.41) is 0. The third kappa shape index (κ3) is 4.60. The first-order valence-corrected chi connectivity index (χ1v) is 17.8. The molecule has 0 amide bonds. The van der Waals surface area contributed by atoms with Gasteiger partial charge in [-0.3, -0.25) is 0 Å². The molecule has 0 radical (unpaired) electrons. The molecule has 2 aromatic carbocycles. The zero-order valence-electron chi connectivity index (χ0n) is 18.0. The molecule has 0 aliphatic rings. The molecule has 0 unspecified atom stereocenters. The van der Waals surface area contributed by atoms with Gasteiger partial charge >= 0.3 is 178 Å². The van der Waals surface area contributed by atoms with Crippen molar-refractivity contribution in [2.45, 2.75) is 79.1 Å². The maximum atomic E-state index is 7.54. The molecule has 0 fully saturated rings. The Morgan fingerprint density at radius 3 is 0.926 bits per heavy atom. The van der Waals surface area contributed by atoms with Crippen LogP contribution in [0.2, 0.25) is 0 Å². The van der Waals surface area contributed by atoms with Crippen LogP contribution in [0.5, 0.6) is 0 Å². The quantitative estimate of drug-likeness (QED) is 0.395. The number of benzene rings is 2. The van der Waals surface area contributed by atoms with Crippen LogP contribution >= 0.6 is 20.0 Å². The van der Waals surface area contributed by atoms with Crippen molar-refractivity contribution in [1.29, 1.82) is 0 Å². The zero-order valence-corrected chi connectivity index (χ0v) is 21.6. The van der Waals surface area contributed by atoms with Crippen LogP contribution in [0.4, 0.5) is 0 Å².